The van der Waals surface area contributed by atoms with Gasteiger partial charge in [0, 0.05) is 22.5 Å². The first-order valence-electron chi connectivity index (χ1n) is 21.9. The fraction of sp³-hybridized carbons (Fsp3) is 0.345. The Morgan fingerprint density at radius 1 is 0.464 bits per heavy atom. The van der Waals surface area contributed by atoms with E-state index < -0.39 is 0 Å². The molecular formula is C55H55N. The molecule has 56 heavy (non-hydrogen) atoms. The van der Waals surface area contributed by atoms with Crippen LogP contribution in [-0.2, 0) is 5.41 Å². The molecule has 6 aliphatic rings. The Morgan fingerprint density at radius 2 is 1.04 bits per heavy atom. The molecule has 280 valence electrons. The second-order valence-corrected chi connectivity index (χ2v) is 18.8. The van der Waals surface area contributed by atoms with Crippen LogP contribution in [0.2, 0.25) is 0 Å². The van der Waals surface area contributed by atoms with Gasteiger partial charge in [-0.05, 0) is 172 Å². The molecule has 5 fully saturated rings. The summed E-state index contributed by atoms with van der Waals surface area (Å²) in [4.78, 5) is 2.54. The maximum atomic E-state index is 2.54. The lowest BCUT2D eigenvalue weighted by Gasteiger charge is -2.54. The molecule has 1 heteroatoms. The summed E-state index contributed by atoms with van der Waals surface area (Å²) in [5, 5.41) is 0. The molecule has 0 radical (unpaired) electrons. The molecule has 0 N–H and O–H groups in total. The minimum absolute atomic E-state index is 0.158. The van der Waals surface area contributed by atoms with Gasteiger partial charge in [0.15, 0.2) is 0 Å². The van der Waals surface area contributed by atoms with E-state index in [-0.39, 0.29) is 5.41 Å². The molecule has 4 bridgehead atoms. The van der Waals surface area contributed by atoms with E-state index in [1.54, 1.807) is 5.56 Å². The van der Waals surface area contributed by atoms with Crippen molar-refractivity contribution in [3.8, 4) is 33.4 Å². The molecule has 0 spiro atoms. The predicted octanol–water partition coefficient (Wildman–Crippen LogP) is 15.4. The number of fused-ring (bicyclic) bond motifs is 3. The zero-order chi connectivity index (χ0) is 37.4. The molecule has 6 aromatic carbocycles. The van der Waals surface area contributed by atoms with E-state index in [1.165, 1.54) is 131 Å². The third-order valence-electron chi connectivity index (χ3n) is 15.2. The van der Waals surface area contributed by atoms with Gasteiger partial charge in [-0.2, -0.15) is 0 Å². The Kier molecular flexibility index (Phi) is 8.38. The van der Waals surface area contributed by atoms with Gasteiger partial charge in [-0.15, -0.1) is 0 Å². The molecular weight excluding hydrogens is 675 g/mol. The summed E-state index contributed by atoms with van der Waals surface area (Å²) >= 11 is 0. The number of rotatable bonds is 7. The standard InChI is InChI=1S/C55H55N/c1-55(2)52-35-48(28-29-50(52)51-15-9-14-49(54(51)55)42-18-16-40(17-19-42)38-10-5-3-6-11-38)56(46-24-20-41(21-25-46)39-12-7-4-8-13-39)47-26-22-43(23-27-47)53-44-31-36-30-37(33-44)34-45(53)32-36/h3,5-6,9-11,14-29,35-37,39,44-45,53H,4,7-8,12-13,30-34H2,1-2H3. The van der Waals surface area contributed by atoms with E-state index in [9.17, 15) is 0 Å². The highest BCUT2D eigenvalue weighted by Gasteiger charge is 2.48. The normalized spacial score (nSPS) is 24.5. The van der Waals surface area contributed by atoms with Crippen LogP contribution in [-0.4, -0.2) is 0 Å². The molecule has 1 nitrogen and oxygen atoms in total. The summed E-state index contributed by atoms with van der Waals surface area (Å²) in [5.74, 6) is 5.26. The van der Waals surface area contributed by atoms with Crippen molar-refractivity contribution in [2.75, 3.05) is 4.90 Å². The van der Waals surface area contributed by atoms with Gasteiger partial charge < -0.3 is 4.90 Å². The van der Waals surface area contributed by atoms with Gasteiger partial charge in [-0.3, -0.25) is 0 Å². The second kappa shape index (κ2) is 13.7. The van der Waals surface area contributed by atoms with Crippen LogP contribution < -0.4 is 4.90 Å². The maximum Gasteiger partial charge on any atom is 0.0465 e. The Balaban J connectivity index is 0.961. The third-order valence-corrected chi connectivity index (χ3v) is 15.2. The summed E-state index contributed by atoms with van der Waals surface area (Å²) in [7, 11) is 0. The van der Waals surface area contributed by atoms with Crippen molar-refractivity contribution >= 4 is 17.1 Å². The topological polar surface area (TPSA) is 3.24 Å². The van der Waals surface area contributed by atoms with Gasteiger partial charge >= 0.3 is 0 Å². The van der Waals surface area contributed by atoms with E-state index in [1.807, 2.05) is 0 Å². The lowest BCUT2D eigenvalue weighted by molar-refractivity contribution is -0.00277. The number of hydrogen-bond donors (Lipinski definition) is 0. The molecule has 5 saturated carbocycles. The van der Waals surface area contributed by atoms with E-state index in [0.717, 1.165) is 29.6 Å². The van der Waals surface area contributed by atoms with Gasteiger partial charge in [-0.25, -0.2) is 0 Å². The number of hydrogen-bond acceptors (Lipinski definition) is 1. The fourth-order valence-electron chi connectivity index (χ4n) is 12.8. The Hall–Kier alpha value is -4.88. The molecule has 0 aliphatic heterocycles. The van der Waals surface area contributed by atoms with Crippen LogP contribution in [0.25, 0.3) is 33.4 Å². The number of anilines is 3. The smallest absolute Gasteiger partial charge is 0.0465 e. The van der Waals surface area contributed by atoms with E-state index in [4.69, 9.17) is 0 Å². The molecule has 0 unspecified atom stereocenters. The van der Waals surface area contributed by atoms with Crippen molar-refractivity contribution in [1.82, 2.24) is 0 Å². The average Bonchev–Trinajstić information content (AvgIpc) is 3.47. The molecule has 0 atom stereocenters. The van der Waals surface area contributed by atoms with Crippen molar-refractivity contribution in [2.24, 2.45) is 23.7 Å². The quantitative estimate of drug-likeness (QED) is 0.158. The van der Waals surface area contributed by atoms with Crippen LogP contribution >= 0.6 is 0 Å². The first kappa shape index (κ1) is 34.4. The average molecular weight is 730 g/mol. The zero-order valence-electron chi connectivity index (χ0n) is 33.3. The number of benzene rings is 6. The largest absolute Gasteiger partial charge is 0.310 e. The van der Waals surface area contributed by atoms with Crippen molar-refractivity contribution < 1.29 is 0 Å². The van der Waals surface area contributed by atoms with Crippen LogP contribution in [0.4, 0.5) is 17.1 Å². The van der Waals surface area contributed by atoms with Crippen LogP contribution in [0, 0.1) is 23.7 Å². The third kappa shape index (κ3) is 5.79. The van der Waals surface area contributed by atoms with Crippen LogP contribution in [0.15, 0.2) is 140 Å². The fourth-order valence-corrected chi connectivity index (χ4v) is 12.8. The highest BCUT2D eigenvalue weighted by atomic mass is 15.1. The van der Waals surface area contributed by atoms with Gasteiger partial charge in [0.1, 0.15) is 0 Å². The van der Waals surface area contributed by atoms with Gasteiger partial charge in [0.2, 0.25) is 0 Å². The molecule has 0 saturated heterocycles. The van der Waals surface area contributed by atoms with E-state index in [0.29, 0.717) is 5.92 Å². The van der Waals surface area contributed by atoms with Gasteiger partial charge in [-0.1, -0.05) is 136 Å². The summed E-state index contributed by atoms with van der Waals surface area (Å²) in [6.45, 7) is 4.87. The van der Waals surface area contributed by atoms with Crippen LogP contribution in [0.5, 0.6) is 0 Å². The van der Waals surface area contributed by atoms with Crippen LogP contribution in [0.1, 0.15) is 112 Å². The van der Waals surface area contributed by atoms with E-state index >= 15 is 0 Å². The first-order chi connectivity index (χ1) is 27.5. The molecule has 0 heterocycles. The van der Waals surface area contributed by atoms with Crippen molar-refractivity contribution in [3.05, 3.63) is 162 Å². The monoisotopic (exact) mass is 729 g/mol. The molecule has 6 aromatic rings. The van der Waals surface area contributed by atoms with Crippen molar-refractivity contribution in [1.29, 1.82) is 0 Å². The van der Waals surface area contributed by atoms with Crippen molar-refractivity contribution in [3.63, 3.8) is 0 Å². The lowest BCUT2D eigenvalue weighted by Crippen LogP contribution is -2.43. The lowest BCUT2D eigenvalue weighted by atomic mass is 9.51. The summed E-state index contributed by atoms with van der Waals surface area (Å²) < 4.78 is 0. The minimum atomic E-state index is -0.158. The maximum absolute atomic E-state index is 2.54. The van der Waals surface area contributed by atoms with Crippen LogP contribution in [0.3, 0.4) is 0 Å². The Bertz CT molecular complexity index is 2330. The Labute approximate surface area is 334 Å². The summed E-state index contributed by atoms with van der Waals surface area (Å²) in [5.41, 5.74) is 17.4. The molecule has 6 aliphatic carbocycles. The molecule has 0 amide bonds. The van der Waals surface area contributed by atoms with Gasteiger partial charge in [0.05, 0.1) is 0 Å². The summed E-state index contributed by atoms with van der Waals surface area (Å²) in [6.07, 6.45) is 14.1. The highest BCUT2D eigenvalue weighted by molar-refractivity contribution is 5.90. The van der Waals surface area contributed by atoms with Crippen molar-refractivity contribution in [2.45, 2.75) is 95.3 Å². The first-order valence-corrected chi connectivity index (χ1v) is 21.9. The number of nitrogens with zero attached hydrogens (tertiary/aromatic N) is 1. The Morgan fingerprint density at radius 3 is 1.70 bits per heavy atom. The zero-order valence-corrected chi connectivity index (χ0v) is 33.3. The van der Waals surface area contributed by atoms with Gasteiger partial charge in [0.25, 0.3) is 0 Å². The molecule has 12 rings (SSSR count). The van der Waals surface area contributed by atoms with E-state index in [2.05, 4.69) is 158 Å². The predicted molar refractivity (Wildman–Crippen MR) is 235 cm³/mol. The highest BCUT2D eigenvalue weighted by Crippen LogP contribution is 2.60. The minimum Gasteiger partial charge on any atom is -0.310 e. The molecule has 0 aromatic heterocycles. The second-order valence-electron chi connectivity index (χ2n) is 18.8. The SMILES string of the molecule is CC1(C)c2cc(N(c3ccc(C4CCCCC4)cc3)c3ccc(C4C5CC6CC(C5)CC4C6)cc3)ccc2-c2cccc(-c3ccc(-c4ccccc4)cc3)c21. The summed E-state index contributed by atoms with van der Waals surface area (Å²) in [6, 6.07) is 53.7.